The SMILES string of the molecule is CN1CCN(C)C(CNc2cccc(C(=O)O)c2N)C1. The van der Waals surface area contributed by atoms with E-state index in [2.05, 4.69) is 29.2 Å². The summed E-state index contributed by atoms with van der Waals surface area (Å²) in [4.78, 5) is 15.7. The maximum absolute atomic E-state index is 11.1. The van der Waals surface area contributed by atoms with Gasteiger partial charge in [-0.1, -0.05) is 6.07 Å². The quantitative estimate of drug-likeness (QED) is 0.701. The van der Waals surface area contributed by atoms with Gasteiger partial charge in [0, 0.05) is 32.2 Å². The first-order valence-electron chi connectivity index (χ1n) is 6.73. The van der Waals surface area contributed by atoms with Crippen LogP contribution in [0.3, 0.4) is 0 Å². The molecule has 0 saturated carbocycles. The van der Waals surface area contributed by atoms with Crippen LogP contribution in [0, 0.1) is 0 Å². The molecule has 1 saturated heterocycles. The van der Waals surface area contributed by atoms with E-state index in [1.54, 1.807) is 6.07 Å². The zero-order valence-corrected chi connectivity index (χ0v) is 12.0. The zero-order chi connectivity index (χ0) is 14.7. The second kappa shape index (κ2) is 6.11. The lowest BCUT2D eigenvalue weighted by Gasteiger charge is -2.38. The van der Waals surface area contributed by atoms with Crippen LogP contribution in [0.4, 0.5) is 11.4 Å². The van der Waals surface area contributed by atoms with Gasteiger partial charge in [0.15, 0.2) is 0 Å². The van der Waals surface area contributed by atoms with E-state index in [9.17, 15) is 4.79 Å². The Balaban J connectivity index is 2.03. The number of piperazine rings is 1. The number of anilines is 2. The van der Waals surface area contributed by atoms with Gasteiger partial charge >= 0.3 is 5.97 Å². The highest BCUT2D eigenvalue weighted by Crippen LogP contribution is 2.23. The van der Waals surface area contributed by atoms with Crippen LogP contribution in [0.2, 0.25) is 0 Å². The summed E-state index contributed by atoms with van der Waals surface area (Å²) in [6.45, 7) is 3.84. The number of nitrogen functional groups attached to an aromatic ring is 1. The van der Waals surface area contributed by atoms with Crippen LogP contribution in [-0.4, -0.2) is 67.2 Å². The number of carbonyl (C=O) groups is 1. The summed E-state index contributed by atoms with van der Waals surface area (Å²) in [5, 5.41) is 12.3. The first kappa shape index (κ1) is 14.6. The second-order valence-corrected chi connectivity index (χ2v) is 5.35. The summed E-state index contributed by atoms with van der Waals surface area (Å²) in [5.41, 5.74) is 7.02. The van der Waals surface area contributed by atoms with Crippen LogP contribution in [0.25, 0.3) is 0 Å². The molecule has 110 valence electrons. The Morgan fingerprint density at radius 3 is 2.90 bits per heavy atom. The number of hydrogen-bond acceptors (Lipinski definition) is 5. The van der Waals surface area contributed by atoms with Crippen molar-refractivity contribution in [3.8, 4) is 0 Å². The highest BCUT2D eigenvalue weighted by Gasteiger charge is 2.22. The highest BCUT2D eigenvalue weighted by molar-refractivity contribution is 5.97. The van der Waals surface area contributed by atoms with E-state index < -0.39 is 5.97 Å². The summed E-state index contributed by atoms with van der Waals surface area (Å²) >= 11 is 0. The third kappa shape index (κ3) is 3.20. The molecule has 1 atom stereocenters. The molecule has 0 radical (unpaired) electrons. The largest absolute Gasteiger partial charge is 0.478 e. The molecule has 1 heterocycles. The van der Waals surface area contributed by atoms with Gasteiger partial charge in [0.05, 0.1) is 16.9 Å². The number of nitrogens with zero attached hydrogens (tertiary/aromatic N) is 2. The van der Waals surface area contributed by atoms with Crippen molar-refractivity contribution >= 4 is 17.3 Å². The van der Waals surface area contributed by atoms with Gasteiger partial charge in [-0.3, -0.25) is 4.90 Å². The smallest absolute Gasteiger partial charge is 0.337 e. The Labute approximate surface area is 119 Å². The van der Waals surface area contributed by atoms with Gasteiger partial charge in [0.1, 0.15) is 0 Å². The van der Waals surface area contributed by atoms with Crippen molar-refractivity contribution in [2.24, 2.45) is 0 Å². The van der Waals surface area contributed by atoms with E-state index in [1.807, 2.05) is 6.07 Å². The fourth-order valence-electron chi connectivity index (χ4n) is 2.46. The fourth-order valence-corrected chi connectivity index (χ4v) is 2.46. The van der Waals surface area contributed by atoms with Crippen molar-refractivity contribution in [3.63, 3.8) is 0 Å². The number of rotatable bonds is 4. The molecule has 1 aromatic rings. The number of likely N-dealkylation sites (N-methyl/N-ethyl adjacent to an activating group) is 2. The van der Waals surface area contributed by atoms with Gasteiger partial charge in [-0.2, -0.15) is 0 Å². The van der Waals surface area contributed by atoms with E-state index in [0.29, 0.717) is 17.4 Å². The molecule has 0 spiro atoms. The second-order valence-electron chi connectivity index (χ2n) is 5.35. The maximum Gasteiger partial charge on any atom is 0.337 e. The van der Waals surface area contributed by atoms with Crippen LogP contribution in [0.15, 0.2) is 18.2 Å². The van der Waals surface area contributed by atoms with E-state index >= 15 is 0 Å². The van der Waals surface area contributed by atoms with E-state index in [1.165, 1.54) is 6.07 Å². The van der Waals surface area contributed by atoms with Gasteiger partial charge in [0.25, 0.3) is 0 Å². The summed E-state index contributed by atoms with van der Waals surface area (Å²) in [6, 6.07) is 5.43. The number of hydrogen-bond donors (Lipinski definition) is 3. The lowest BCUT2D eigenvalue weighted by Crippen LogP contribution is -2.52. The Hall–Kier alpha value is -1.79. The minimum absolute atomic E-state index is 0.143. The Bertz CT molecular complexity index is 492. The van der Waals surface area contributed by atoms with Crippen molar-refractivity contribution in [1.29, 1.82) is 0 Å². The molecule has 4 N–H and O–H groups in total. The first-order chi connectivity index (χ1) is 9.49. The molecule has 2 rings (SSSR count). The summed E-state index contributed by atoms with van der Waals surface area (Å²) in [7, 11) is 4.22. The Kier molecular flexibility index (Phi) is 4.46. The van der Waals surface area contributed by atoms with Crippen LogP contribution >= 0.6 is 0 Å². The summed E-state index contributed by atoms with van der Waals surface area (Å²) in [5.74, 6) is -0.999. The van der Waals surface area contributed by atoms with E-state index in [0.717, 1.165) is 26.2 Å². The lowest BCUT2D eigenvalue weighted by molar-refractivity contribution is 0.0698. The van der Waals surface area contributed by atoms with Crippen molar-refractivity contribution in [1.82, 2.24) is 9.80 Å². The number of carboxylic acid groups (broad SMARTS) is 1. The molecule has 6 heteroatoms. The molecule has 20 heavy (non-hydrogen) atoms. The topological polar surface area (TPSA) is 81.8 Å². The molecule has 1 aromatic carbocycles. The molecule has 1 unspecified atom stereocenters. The monoisotopic (exact) mass is 278 g/mol. The summed E-state index contributed by atoms with van der Waals surface area (Å²) < 4.78 is 0. The van der Waals surface area contributed by atoms with E-state index in [-0.39, 0.29) is 5.56 Å². The van der Waals surface area contributed by atoms with Gasteiger partial charge in [0.2, 0.25) is 0 Å². The predicted octanol–water partition coefficient (Wildman–Crippen LogP) is 0.625. The molecular weight excluding hydrogens is 256 g/mol. The van der Waals surface area contributed by atoms with Crippen LogP contribution in [0.1, 0.15) is 10.4 Å². The molecule has 0 aromatic heterocycles. The average Bonchev–Trinajstić information content (AvgIpc) is 2.41. The number of nitrogens with two attached hydrogens (primary N) is 1. The van der Waals surface area contributed by atoms with Crippen molar-refractivity contribution in [3.05, 3.63) is 23.8 Å². The zero-order valence-electron chi connectivity index (χ0n) is 12.0. The van der Waals surface area contributed by atoms with Crippen molar-refractivity contribution < 1.29 is 9.90 Å². The minimum atomic E-state index is -0.999. The molecule has 1 fully saturated rings. The van der Waals surface area contributed by atoms with Crippen molar-refractivity contribution in [2.45, 2.75) is 6.04 Å². The molecule has 0 bridgehead atoms. The number of benzene rings is 1. The predicted molar refractivity (Wildman–Crippen MR) is 80.2 cm³/mol. The Morgan fingerprint density at radius 1 is 1.45 bits per heavy atom. The number of nitrogens with one attached hydrogen (secondary N) is 1. The molecular formula is C14H22N4O2. The third-order valence-electron chi connectivity index (χ3n) is 3.84. The lowest BCUT2D eigenvalue weighted by atomic mass is 10.1. The average molecular weight is 278 g/mol. The Morgan fingerprint density at radius 2 is 2.20 bits per heavy atom. The van der Waals surface area contributed by atoms with Crippen LogP contribution in [-0.2, 0) is 0 Å². The fraction of sp³-hybridized carbons (Fsp3) is 0.500. The van der Waals surface area contributed by atoms with E-state index in [4.69, 9.17) is 10.8 Å². The van der Waals surface area contributed by atoms with Gasteiger partial charge in [-0.25, -0.2) is 4.79 Å². The van der Waals surface area contributed by atoms with Gasteiger partial charge in [-0.05, 0) is 26.2 Å². The molecule has 0 amide bonds. The standard InChI is InChI=1S/C14H22N4O2/c1-17-6-7-18(2)10(9-17)8-16-12-5-3-4-11(13(12)15)14(19)20/h3-5,10,16H,6-9,15H2,1-2H3,(H,19,20). The van der Waals surface area contributed by atoms with Gasteiger partial charge < -0.3 is 21.1 Å². The number of carboxylic acids is 1. The van der Waals surface area contributed by atoms with Crippen LogP contribution < -0.4 is 11.1 Å². The molecule has 0 aliphatic carbocycles. The maximum atomic E-state index is 11.1. The molecule has 1 aliphatic heterocycles. The molecule has 6 nitrogen and oxygen atoms in total. The highest BCUT2D eigenvalue weighted by atomic mass is 16.4. The number of aromatic carboxylic acids is 1. The number of para-hydroxylation sites is 1. The normalized spacial score (nSPS) is 20.8. The molecule has 1 aliphatic rings. The van der Waals surface area contributed by atoms with Gasteiger partial charge in [-0.15, -0.1) is 0 Å². The summed E-state index contributed by atoms with van der Waals surface area (Å²) in [6.07, 6.45) is 0. The first-order valence-corrected chi connectivity index (χ1v) is 6.73. The minimum Gasteiger partial charge on any atom is -0.478 e. The van der Waals surface area contributed by atoms with Crippen molar-refractivity contribution in [2.75, 3.05) is 51.3 Å². The van der Waals surface area contributed by atoms with Crippen LogP contribution in [0.5, 0.6) is 0 Å². The third-order valence-corrected chi connectivity index (χ3v) is 3.84.